The van der Waals surface area contributed by atoms with Gasteiger partial charge in [0.05, 0.1) is 24.6 Å². The maximum atomic E-state index is 12.8. The highest BCUT2D eigenvalue weighted by Gasteiger charge is 2.32. The largest absolute Gasteiger partial charge is 0.497 e. The Morgan fingerprint density at radius 3 is 2.76 bits per heavy atom. The number of sulfone groups is 1. The molecule has 0 bridgehead atoms. The molecule has 1 aliphatic heterocycles. The second kappa shape index (κ2) is 8.14. The average Bonchev–Trinajstić information content (AvgIpc) is 3.36. The Hall–Kier alpha value is -2.42. The lowest BCUT2D eigenvalue weighted by Gasteiger charge is -2.16. The second-order valence-corrected chi connectivity index (χ2v) is 10.0. The summed E-state index contributed by atoms with van der Waals surface area (Å²) in [4.78, 5) is 15.7. The highest BCUT2D eigenvalue weighted by Crippen LogP contribution is 2.24. The molecule has 152 valence electrons. The van der Waals surface area contributed by atoms with Crippen LogP contribution in [0.3, 0.4) is 0 Å². The minimum absolute atomic E-state index is 0.0446. The molecule has 29 heavy (non-hydrogen) atoms. The van der Waals surface area contributed by atoms with Crippen molar-refractivity contribution in [1.82, 2.24) is 10.2 Å². The zero-order valence-electron chi connectivity index (χ0n) is 16.0. The van der Waals surface area contributed by atoms with Crippen molar-refractivity contribution in [1.29, 1.82) is 0 Å². The molecule has 4 rings (SSSR count). The summed E-state index contributed by atoms with van der Waals surface area (Å²) >= 11 is 1.61. The summed E-state index contributed by atoms with van der Waals surface area (Å²) in [5.74, 6) is 0.357. The quantitative estimate of drug-likeness (QED) is 0.624. The number of nitrogens with zero attached hydrogens (tertiary/aromatic N) is 1. The lowest BCUT2D eigenvalue weighted by atomic mass is 10.1. The number of hydrogen-bond donors (Lipinski definition) is 1. The van der Waals surface area contributed by atoms with Gasteiger partial charge in [0.1, 0.15) is 11.6 Å². The number of rotatable bonds is 7. The number of carbonyl (C=O) groups is 1. The zero-order chi connectivity index (χ0) is 20.4. The van der Waals surface area contributed by atoms with Crippen molar-refractivity contribution in [2.45, 2.75) is 23.9 Å². The molecule has 3 aromatic rings. The Labute approximate surface area is 174 Å². The van der Waals surface area contributed by atoms with Gasteiger partial charge in [0.2, 0.25) is 5.91 Å². The molecule has 0 unspecified atom stereocenters. The molecule has 0 spiro atoms. The molecule has 1 aromatic heterocycles. The third kappa shape index (κ3) is 4.29. The summed E-state index contributed by atoms with van der Waals surface area (Å²) in [6.07, 6.45) is 0.606. The number of thiophene rings is 1. The van der Waals surface area contributed by atoms with E-state index in [1.54, 1.807) is 41.5 Å². The highest BCUT2D eigenvalue weighted by atomic mass is 32.2. The predicted molar refractivity (Wildman–Crippen MR) is 114 cm³/mol. The first-order valence-corrected chi connectivity index (χ1v) is 11.8. The van der Waals surface area contributed by atoms with Gasteiger partial charge in [0.15, 0.2) is 9.84 Å². The Kier molecular flexibility index (Phi) is 5.58. The van der Waals surface area contributed by atoms with Gasteiger partial charge in [-0.15, -0.1) is 11.3 Å². The average molecular weight is 431 g/mol. The number of fused-ring (bicyclic) bond motifs is 1. The lowest BCUT2D eigenvalue weighted by molar-refractivity contribution is -0.129. The van der Waals surface area contributed by atoms with Crippen LogP contribution in [0.1, 0.15) is 11.3 Å². The van der Waals surface area contributed by atoms with E-state index in [4.69, 9.17) is 4.74 Å². The fourth-order valence-corrected chi connectivity index (χ4v) is 5.38. The van der Waals surface area contributed by atoms with Crippen molar-refractivity contribution in [2.24, 2.45) is 0 Å². The van der Waals surface area contributed by atoms with Gasteiger partial charge in [-0.05, 0) is 52.9 Å². The van der Waals surface area contributed by atoms with Crippen molar-refractivity contribution < 1.29 is 17.9 Å². The first-order chi connectivity index (χ1) is 14.0. The number of likely N-dealkylation sites (tertiary alicyclic amines) is 1. The van der Waals surface area contributed by atoms with E-state index >= 15 is 0 Å². The van der Waals surface area contributed by atoms with Crippen LogP contribution >= 0.6 is 11.3 Å². The number of carbonyl (C=O) groups excluding carboxylic acids is 1. The molecule has 1 atom stereocenters. The van der Waals surface area contributed by atoms with Gasteiger partial charge in [-0.2, -0.15) is 0 Å². The second-order valence-electron chi connectivity index (χ2n) is 7.02. The van der Waals surface area contributed by atoms with E-state index in [0.29, 0.717) is 25.3 Å². The molecule has 1 amide bonds. The number of benzene rings is 2. The van der Waals surface area contributed by atoms with Crippen LogP contribution in [0, 0.1) is 0 Å². The zero-order valence-corrected chi connectivity index (χ0v) is 17.6. The summed E-state index contributed by atoms with van der Waals surface area (Å²) < 4.78 is 30.8. The Bertz CT molecular complexity index is 1130. The maximum Gasteiger partial charge on any atom is 0.240 e. The first kappa shape index (κ1) is 19.9. The van der Waals surface area contributed by atoms with Crippen LogP contribution < -0.4 is 10.1 Å². The standard InChI is InChI=1S/C21H22N2O4S2/c1-27-17-6-4-15-5-7-19(12-16(15)11-17)29(25,26)14-22-20-8-9-23(21(20)24)13-18-3-2-10-28-18/h2-7,10-12,20,22H,8-9,13-14H2,1H3/t20-/m0/s1. The fraction of sp³-hybridized carbons (Fsp3) is 0.286. The van der Waals surface area contributed by atoms with Crippen molar-refractivity contribution in [3.05, 3.63) is 58.8 Å². The monoisotopic (exact) mass is 430 g/mol. The van der Waals surface area contributed by atoms with E-state index in [1.807, 2.05) is 35.7 Å². The van der Waals surface area contributed by atoms with Crippen LogP contribution in [0.5, 0.6) is 5.75 Å². The molecule has 0 radical (unpaired) electrons. The van der Waals surface area contributed by atoms with Crippen LogP contribution in [0.15, 0.2) is 58.8 Å². The first-order valence-electron chi connectivity index (χ1n) is 9.31. The Morgan fingerprint density at radius 2 is 2.00 bits per heavy atom. The topological polar surface area (TPSA) is 75.7 Å². The SMILES string of the molecule is COc1ccc2ccc(S(=O)(=O)CN[C@H]3CCN(Cc4cccs4)C3=O)cc2c1. The molecule has 6 nitrogen and oxygen atoms in total. The number of ether oxygens (including phenoxy) is 1. The van der Waals surface area contributed by atoms with Crippen LogP contribution in [0.4, 0.5) is 0 Å². The van der Waals surface area contributed by atoms with E-state index in [1.165, 1.54) is 0 Å². The molecule has 1 aliphatic rings. The smallest absolute Gasteiger partial charge is 0.240 e. The summed E-state index contributed by atoms with van der Waals surface area (Å²) in [7, 11) is -1.99. The third-order valence-electron chi connectivity index (χ3n) is 5.12. The predicted octanol–water partition coefficient (Wildman–Crippen LogP) is 3.03. The molecular formula is C21H22N2O4S2. The van der Waals surface area contributed by atoms with Gasteiger partial charge in [0, 0.05) is 11.4 Å². The van der Waals surface area contributed by atoms with E-state index in [2.05, 4.69) is 5.32 Å². The van der Waals surface area contributed by atoms with Gasteiger partial charge in [0.25, 0.3) is 0 Å². The normalized spacial score (nSPS) is 17.2. The molecule has 2 heterocycles. The third-order valence-corrected chi connectivity index (χ3v) is 7.50. The van der Waals surface area contributed by atoms with Gasteiger partial charge >= 0.3 is 0 Å². The summed E-state index contributed by atoms with van der Waals surface area (Å²) in [5, 5.41) is 6.67. The van der Waals surface area contributed by atoms with E-state index < -0.39 is 15.9 Å². The molecule has 1 saturated heterocycles. The van der Waals surface area contributed by atoms with Crippen molar-refractivity contribution in [2.75, 3.05) is 19.5 Å². The van der Waals surface area contributed by atoms with Crippen LogP contribution in [-0.4, -0.2) is 44.8 Å². The number of hydrogen-bond acceptors (Lipinski definition) is 6. The molecule has 0 aliphatic carbocycles. The van der Waals surface area contributed by atoms with Gasteiger partial charge < -0.3 is 9.64 Å². The molecule has 8 heteroatoms. The van der Waals surface area contributed by atoms with Crippen LogP contribution in [0.2, 0.25) is 0 Å². The lowest BCUT2D eigenvalue weighted by Crippen LogP contribution is -2.40. The Morgan fingerprint density at radius 1 is 1.17 bits per heavy atom. The summed E-state index contributed by atoms with van der Waals surface area (Å²) in [5.41, 5.74) is 0. The van der Waals surface area contributed by atoms with Crippen LogP contribution in [-0.2, 0) is 21.2 Å². The molecule has 0 saturated carbocycles. The Balaban J connectivity index is 1.43. The van der Waals surface area contributed by atoms with Gasteiger partial charge in [-0.3, -0.25) is 10.1 Å². The number of nitrogens with one attached hydrogen (secondary N) is 1. The molecular weight excluding hydrogens is 408 g/mol. The number of methoxy groups -OCH3 is 1. The van der Waals surface area contributed by atoms with Crippen LogP contribution in [0.25, 0.3) is 10.8 Å². The molecule has 1 fully saturated rings. The highest BCUT2D eigenvalue weighted by molar-refractivity contribution is 7.91. The minimum Gasteiger partial charge on any atom is -0.497 e. The summed E-state index contributed by atoms with van der Waals surface area (Å²) in [6.45, 7) is 1.21. The number of amides is 1. The van der Waals surface area contributed by atoms with E-state index in [0.717, 1.165) is 15.6 Å². The van der Waals surface area contributed by atoms with Crippen molar-refractivity contribution in [3.8, 4) is 5.75 Å². The van der Waals surface area contributed by atoms with Gasteiger partial charge in [-0.1, -0.05) is 18.2 Å². The van der Waals surface area contributed by atoms with E-state index in [9.17, 15) is 13.2 Å². The minimum atomic E-state index is -3.57. The molecule has 2 aromatic carbocycles. The fourth-order valence-electron chi connectivity index (χ4n) is 3.49. The van der Waals surface area contributed by atoms with Gasteiger partial charge in [-0.25, -0.2) is 8.42 Å². The summed E-state index contributed by atoms with van der Waals surface area (Å²) in [6, 6.07) is 14.1. The van der Waals surface area contributed by atoms with Crippen molar-refractivity contribution >= 4 is 37.9 Å². The van der Waals surface area contributed by atoms with Crippen molar-refractivity contribution in [3.63, 3.8) is 0 Å². The molecule has 1 N–H and O–H groups in total. The van der Waals surface area contributed by atoms with E-state index in [-0.39, 0.29) is 16.7 Å². The maximum absolute atomic E-state index is 12.8.